The van der Waals surface area contributed by atoms with Gasteiger partial charge in [0.25, 0.3) is 5.91 Å². The molecule has 2 atom stereocenters. The number of amidine groups is 1. The smallest absolute Gasteiger partial charge is 0.377 e. The molecule has 3 rings (SSSR count). The molecule has 0 radical (unpaired) electrons. The Balaban J connectivity index is 1.44. The van der Waals surface area contributed by atoms with Gasteiger partial charge in [-0.25, -0.2) is 0 Å². The van der Waals surface area contributed by atoms with Gasteiger partial charge in [0, 0.05) is 30.1 Å². The van der Waals surface area contributed by atoms with Crippen LogP contribution >= 0.6 is 0 Å². The Morgan fingerprint density at radius 1 is 1.19 bits per heavy atom. The molecule has 1 aliphatic carbocycles. The van der Waals surface area contributed by atoms with E-state index in [2.05, 4.69) is 11.9 Å². The fourth-order valence-corrected chi connectivity index (χ4v) is 4.45. The van der Waals surface area contributed by atoms with Crippen molar-refractivity contribution in [2.24, 2.45) is 5.92 Å². The summed E-state index contributed by atoms with van der Waals surface area (Å²) >= 11 is 0. The lowest BCUT2D eigenvalue weighted by Gasteiger charge is -2.37. The molecule has 11 heteroatoms. The van der Waals surface area contributed by atoms with Crippen LogP contribution in [0.3, 0.4) is 0 Å². The maximum absolute atomic E-state index is 12.9. The molecule has 8 nitrogen and oxygen atoms in total. The van der Waals surface area contributed by atoms with Crippen LogP contribution in [-0.2, 0) is 9.53 Å². The number of aliphatic hydroxyl groups excluding tert-OH is 1. The maximum atomic E-state index is 12.9. The van der Waals surface area contributed by atoms with E-state index in [1.165, 1.54) is 24.3 Å². The van der Waals surface area contributed by atoms with Crippen LogP contribution in [0.1, 0.15) is 54.4 Å². The third-order valence-corrected chi connectivity index (χ3v) is 6.57. The van der Waals surface area contributed by atoms with Crippen LogP contribution in [0, 0.1) is 11.3 Å². The number of benzene rings is 1. The summed E-state index contributed by atoms with van der Waals surface area (Å²) in [4.78, 5) is 27.3. The number of hydrogen-bond donors (Lipinski definition) is 4. The van der Waals surface area contributed by atoms with Crippen molar-refractivity contribution in [2.75, 3.05) is 26.3 Å². The molecular formula is C25H33F3N4O4. The third-order valence-electron chi connectivity index (χ3n) is 6.57. The first-order valence-corrected chi connectivity index (χ1v) is 12.1. The Morgan fingerprint density at radius 3 is 2.47 bits per heavy atom. The van der Waals surface area contributed by atoms with Crippen molar-refractivity contribution in [1.29, 1.82) is 5.41 Å². The summed E-state index contributed by atoms with van der Waals surface area (Å²) in [5.41, 5.74) is 1.15. The highest BCUT2D eigenvalue weighted by molar-refractivity contribution is 5.99. The second kappa shape index (κ2) is 12.4. The molecule has 2 fully saturated rings. The Morgan fingerprint density at radius 2 is 1.83 bits per heavy atom. The van der Waals surface area contributed by atoms with Gasteiger partial charge >= 0.3 is 6.18 Å². The van der Waals surface area contributed by atoms with E-state index in [9.17, 15) is 22.8 Å². The number of ether oxygens (including phenoxy) is 1. The van der Waals surface area contributed by atoms with E-state index >= 15 is 0 Å². The van der Waals surface area contributed by atoms with Crippen LogP contribution in [0.5, 0.6) is 0 Å². The molecule has 1 heterocycles. The van der Waals surface area contributed by atoms with Gasteiger partial charge in [-0.3, -0.25) is 15.0 Å². The summed E-state index contributed by atoms with van der Waals surface area (Å²) in [5, 5.41) is 21.1. The molecule has 2 unspecified atom stereocenters. The number of morpholine rings is 1. The first-order valence-electron chi connectivity index (χ1n) is 12.1. The standard InChI is InChI=1S/C25H33F3N4O4/c1-16(6-11-20-15-36-13-12-32(20)23(34)19-4-2-3-5-19)14-30-22(33)18-9-7-17(8-10-18)21(29)31-24(35)25(26,27)28/h7-10,19-20,24,35H,1-6,11-15H2,(H2,29,31)(H,30,33). The van der Waals surface area contributed by atoms with Gasteiger partial charge in [-0.1, -0.05) is 37.1 Å². The van der Waals surface area contributed by atoms with Crippen LogP contribution in [0.25, 0.3) is 0 Å². The minimum Gasteiger partial charge on any atom is -0.377 e. The second-order valence-electron chi connectivity index (χ2n) is 9.25. The van der Waals surface area contributed by atoms with E-state index in [-0.39, 0.29) is 35.5 Å². The van der Waals surface area contributed by atoms with Crippen molar-refractivity contribution >= 4 is 17.6 Å². The van der Waals surface area contributed by atoms with Crippen molar-refractivity contribution < 1.29 is 32.6 Å². The summed E-state index contributed by atoms with van der Waals surface area (Å²) in [6, 6.07) is 5.40. The Bertz CT molecular complexity index is 946. The molecule has 36 heavy (non-hydrogen) atoms. The van der Waals surface area contributed by atoms with Gasteiger partial charge in [0.2, 0.25) is 12.1 Å². The lowest BCUT2D eigenvalue weighted by atomic mass is 10.0. The molecule has 0 spiro atoms. The van der Waals surface area contributed by atoms with E-state index in [4.69, 9.17) is 15.3 Å². The molecule has 1 aliphatic heterocycles. The van der Waals surface area contributed by atoms with Crippen LogP contribution in [-0.4, -0.2) is 72.4 Å². The summed E-state index contributed by atoms with van der Waals surface area (Å²) in [6.45, 7) is 5.90. The number of nitrogens with zero attached hydrogens (tertiary/aromatic N) is 1. The lowest BCUT2D eigenvalue weighted by molar-refractivity contribution is -0.208. The van der Waals surface area contributed by atoms with Gasteiger partial charge in [0.15, 0.2) is 0 Å². The summed E-state index contributed by atoms with van der Waals surface area (Å²) in [7, 11) is 0. The number of nitrogens with one attached hydrogen (secondary N) is 3. The van der Waals surface area contributed by atoms with Crippen molar-refractivity contribution in [2.45, 2.75) is 57.0 Å². The van der Waals surface area contributed by atoms with Gasteiger partial charge in [0.1, 0.15) is 5.84 Å². The molecule has 2 aliphatic rings. The highest BCUT2D eigenvalue weighted by Gasteiger charge is 2.39. The number of hydrogen-bond acceptors (Lipinski definition) is 5. The molecule has 0 aromatic heterocycles. The Kier molecular flexibility index (Phi) is 9.49. The van der Waals surface area contributed by atoms with Crippen LogP contribution < -0.4 is 10.6 Å². The number of halogens is 3. The van der Waals surface area contributed by atoms with Crippen LogP contribution in [0.15, 0.2) is 36.4 Å². The highest BCUT2D eigenvalue weighted by Crippen LogP contribution is 2.28. The molecular weight excluding hydrogens is 477 g/mol. The van der Waals surface area contributed by atoms with E-state index in [0.717, 1.165) is 31.3 Å². The lowest BCUT2D eigenvalue weighted by Crippen LogP contribution is -2.50. The van der Waals surface area contributed by atoms with Gasteiger partial charge in [-0.15, -0.1) is 0 Å². The van der Waals surface area contributed by atoms with Crippen molar-refractivity contribution in [3.8, 4) is 0 Å². The minimum absolute atomic E-state index is 0.00774. The zero-order valence-electron chi connectivity index (χ0n) is 20.1. The highest BCUT2D eigenvalue weighted by atomic mass is 19.4. The average Bonchev–Trinajstić information content (AvgIpc) is 3.40. The molecule has 1 saturated heterocycles. The predicted octanol–water partition coefficient (Wildman–Crippen LogP) is 2.97. The first kappa shape index (κ1) is 27.7. The molecule has 0 bridgehead atoms. The number of carbonyl (C=O) groups excluding carboxylic acids is 2. The first-order chi connectivity index (χ1) is 17.1. The fraction of sp³-hybridized carbons (Fsp3) is 0.560. The van der Waals surface area contributed by atoms with Crippen molar-refractivity contribution in [1.82, 2.24) is 15.5 Å². The molecule has 1 aromatic rings. The topological polar surface area (TPSA) is 115 Å². The predicted molar refractivity (Wildman–Crippen MR) is 127 cm³/mol. The van der Waals surface area contributed by atoms with Gasteiger partial charge in [-0.05, 0) is 37.8 Å². The summed E-state index contributed by atoms with van der Waals surface area (Å²) in [5.74, 6) is -0.670. The van der Waals surface area contributed by atoms with Gasteiger partial charge in [-0.2, -0.15) is 13.2 Å². The zero-order chi connectivity index (χ0) is 26.3. The monoisotopic (exact) mass is 510 g/mol. The van der Waals surface area contributed by atoms with Crippen molar-refractivity contribution in [3.63, 3.8) is 0 Å². The Labute approximate surface area is 208 Å². The van der Waals surface area contributed by atoms with Crippen LogP contribution in [0.4, 0.5) is 13.2 Å². The molecule has 2 amide bonds. The van der Waals surface area contributed by atoms with Gasteiger partial charge < -0.3 is 25.4 Å². The summed E-state index contributed by atoms with van der Waals surface area (Å²) in [6.07, 6.45) is -2.33. The van der Waals surface area contributed by atoms with Gasteiger partial charge in [0.05, 0.1) is 19.3 Å². The average molecular weight is 511 g/mol. The number of carbonyl (C=O) groups is 2. The SMILES string of the molecule is C=C(CCC1COCCN1C(=O)C1CCCC1)CNC(=O)c1ccc(C(=N)NC(O)C(F)(F)F)cc1. The fourth-order valence-electron chi connectivity index (χ4n) is 4.45. The summed E-state index contributed by atoms with van der Waals surface area (Å²) < 4.78 is 42.9. The van der Waals surface area contributed by atoms with E-state index in [1.54, 1.807) is 5.32 Å². The van der Waals surface area contributed by atoms with Crippen LogP contribution in [0.2, 0.25) is 0 Å². The number of alkyl halides is 3. The molecule has 198 valence electrons. The third kappa shape index (κ3) is 7.54. The van der Waals surface area contributed by atoms with Crippen molar-refractivity contribution in [3.05, 3.63) is 47.5 Å². The van der Waals surface area contributed by atoms with E-state index in [0.29, 0.717) is 32.6 Å². The quantitative estimate of drug-likeness (QED) is 0.177. The maximum Gasteiger partial charge on any atom is 0.433 e. The van der Waals surface area contributed by atoms with E-state index in [1.807, 2.05) is 4.90 Å². The molecule has 1 aromatic carbocycles. The number of aliphatic hydroxyl groups is 1. The number of rotatable bonds is 9. The normalized spacial score (nSPS) is 19.6. The molecule has 1 saturated carbocycles. The minimum atomic E-state index is -4.90. The zero-order valence-corrected chi connectivity index (χ0v) is 20.1. The molecule has 4 N–H and O–H groups in total. The van der Waals surface area contributed by atoms with E-state index < -0.39 is 24.1 Å². The number of amides is 2. The largest absolute Gasteiger partial charge is 0.433 e. The Hall–Kier alpha value is -2.92. The second-order valence-corrected chi connectivity index (χ2v) is 9.25.